The minimum atomic E-state index is -4.47. The molecule has 1 saturated heterocycles. The minimum Gasteiger partial charge on any atom is -0.371 e. The average Bonchev–Trinajstić information content (AvgIpc) is 3.00. The summed E-state index contributed by atoms with van der Waals surface area (Å²) in [6.07, 6.45) is -1.14. The Morgan fingerprint density at radius 1 is 1.21 bits per heavy atom. The summed E-state index contributed by atoms with van der Waals surface area (Å²) in [6.45, 7) is 3.29. The fourth-order valence-electron chi connectivity index (χ4n) is 4.06. The SMILES string of the molecule is CC1CCCN(c2ccc(N=CC3C(=O)Nc4ccccc43)cc2C(F)(F)F)C1. The molecule has 0 aromatic heterocycles. The molecular formula is C22H22F3N3O. The molecule has 4 rings (SSSR count). The third-order valence-electron chi connectivity index (χ3n) is 5.49. The van der Waals surface area contributed by atoms with Gasteiger partial charge in [-0.3, -0.25) is 9.79 Å². The van der Waals surface area contributed by atoms with Gasteiger partial charge in [0.15, 0.2) is 0 Å². The minimum absolute atomic E-state index is 0.184. The molecule has 2 aliphatic heterocycles. The van der Waals surface area contributed by atoms with E-state index in [1.165, 1.54) is 12.3 Å². The Labute approximate surface area is 167 Å². The molecule has 2 heterocycles. The highest BCUT2D eigenvalue weighted by atomic mass is 19.4. The quantitative estimate of drug-likeness (QED) is 0.702. The van der Waals surface area contributed by atoms with Gasteiger partial charge in [-0.05, 0) is 48.6 Å². The van der Waals surface area contributed by atoms with Crippen LogP contribution in [0.2, 0.25) is 0 Å². The molecule has 0 spiro atoms. The first-order valence-electron chi connectivity index (χ1n) is 9.73. The Morgan fingerprint density at radius 3 is 2.76 bits per heavy atom. The first kappa shape index (κ1) is 19.5. The normalized spacial score (nSPS) is 22.1. The Balaban J connectivity index is 1.64. The summed E-state index contributed by atoms with van der Waals surface area (Å²) in [5, 5.41) is 2.76. The number of hydrogen-bond acceptors (Lipinski definition) is 3. The summed E-state index contributed by atoms with van der Waals surface area (Å²) in [4.78, 5) is 18.2. The molecule has 2 aliphatic rings. The number of aliphatic imine (C=N–C) groups is 1. The highest BCUT2D eigenvalue weighted by Crippen LogP contribution is 2.40. The van der Waals surface area contributed by atoms with Crippen LogP contribution in [0.4, 0.5) is 30.2 Å². The van der Waals surface area contributed by atoms with Gasteiger partial charge in [0.1, 0.15) is 5.92 Å². The molecule has 4 nitrogen and oxygen atoms in total. The van der Waals surface area contributed by atoms with Crippen molar-refractivity contribution in [1.29, 1.82) is 0 Å². The first-order chi connectivity index (χ1) is 13.8. The lowest BCUT2D eigenvalue weighted by Crippen LogP contribution is -2.35. The zero-order valence-electron chi connectivity index (χ0n) is 16.0. The van der Waals surface area contributed by atoms with Gasteiger partial charge in [0.2, 0.25) is 5.91 Å². The zero-order valence-corrected chi connectivity index (χ0v) is 16.0. The molecule has 0 saturated carbocycles. The fraction of sp³-hybridized carbons (Fsp3) is 0.364. The molecule has 1 fully saturated rings. The summed E-state index contributed by atoms with van der Waals surface area (Å²) in [6, 6.07) is 11.4. The Kier molecular flexibility index (Phi) is 5.06. The molecule has 0 radical (unpaired) electrons. The zero-order chi connectivity index (χ0) is 20.6. The summed E-state index contributed by atoms with van der Waals surface area (Å²) >= 11 is 0. The van der Waals surface area contributed by atoms with Crippen molar-refractivity contribution in [3.63, 3.8) is 0 Å². The van der Waals surface area contributed by atoms with Crippen LogP contribution in [0.5, 0.6) is 0 Å². The van der Waals surface area contributed by atoms with Crippen LogP contribution in [0, 0.1) is 5.92 Å². The third kappa shape index (κ3) is 3.99. The predicted octanol–water partition coefficient (Wildman–Crippen LogP) is 5.38. The van der Waals surface area contributed by atoms with Gasteiger partial charge in [-0.25, -0.2) is 0 Å². The number of carbonyl (C=O) groups excluding carboxylic acids is 1. The van der Waals surface area contributed by atoms with Crippen LogP contribution in [-0.2, 0) is 11.0 Å². The van der Waals surface area contributed by atoms with Crippen LogP contribution in [0.3, 0.4) is 0 Å². The largest absolute Gasteiger partial charge is 0.418 e. The van der Waals surface area contributed by atoms with Gasteiger partial charge in [0.05, 0.1) is 11.3 Å². The van der Waals surface area contributed by atoms with Gasteiger partial charge in [-0.1, -0.05) is 25.1 Å². The summed E-state index contributed by atoms with van der Waals surface area (Å²) < 4.78 is 41.2. The summed E-state index contributed by atoms with van der Waals surface area (Å²) in [5.74, 6) is -0.475. The van der Waals surface area contributed by atoms with Crippen molar-refractivity contribution < 1.29 is 18.0 Å². The van der Waals surface area contributed by atoms with Crippen molar-refractivity contribution in [2.75, 3.05) is 23.3 Å². The molecule has 2 aromatic rings. The second-order valence-corrected chi connectivity index (χ2v) is 7.72. The molecule has 2 aromatic carbocycles. The lowest BCUT2D eigenvalue weighted by Gasteiger charge is -2.34. The average molecular weight is 401 g/mol. The number of benzene rings is 2. The number of halogens is 3. The highest BCUT2D eigenvalue weighted by Gasteiger charge is 2.36. The predicted molar refractivity (Wildman–Crippen MR) is 108 cm³/mol. The molecule has 29 heavy (non-hydrogen) atoms. The van der Waals surface area contributed by atoms with Crippen LogP contribution in [-0.4, -0.2) is 25.2 Å². The number of alkyl halides is 3. The Morgan fingerprint density at radius 2 is 2.00 bits per heavy atom. The summed E-state index contributed by atoms with van der Waals surface area (Å²) in [5.41, 5.74) is 1.18. The number of hydrogen-bond donors (Lipinski definition) is 1. The van der Waals surface area contributed by atoms with Crippen LogP contribution in [0.1, 0.15) is 36.8 Å². The van der Waals surface area contributed by atoms with Gasteiger partial charge < -0.3 is 10.2 Å². The molecule has 2 unspecified atom stereocenters. The van der Waals surface area contributed by atoms with E-state index in [1.807, 2.05) is 23.1 Å². The molecular weight excluding hydrogens is 379 g/mol. The van der Waals surface area contributed by atoms with Gasteiger partial charge in [0.25, 0.3) is 0 Å². The van der Waals surface area contributed by atoms with Crippen molar-refractivity contribution >= 4 is 29.2 Å². The molecule has 1 amide bonds. The van der Waals surface area contributed by atoms with E-state index in [2.05, 4.69) is 17.2 Å². The van der Waals surface area contributed by atoms with Crippen molar-refractivity contribution in [3.8, 4) is 0 Å². The number of nitrogens with zero attached hydrogens (tertiary/aromatic N) is 2. The number of rotatable bonds is 3. The fourth-order valence-corrected chi connectivity index (χ4v) is 4.06. The number of amides is 1. The maximum atomic E-state index is 13.7. The summed E-state index contributed by atoms with van der Waals surface area (Å²) in [7, 11) is 0. The maximum Gasteiger partial charge on any atom is 0.418 e. The smallest absolute Gasteiger partial charge is 0.371 e. The topological polar surface area (TPSA) is 44.7 Å². The monoisotopic (exact) mass is 401 g/mol. The van der Waals surface area contributed by atoms with E-state index in [9.17, 15) is 18.0 Å². The van der Waals surface area contributed by atoms with Crippen molar-refractivity contribution in [3.05, 3.63) is 53.6 Å². The molecule has 152 valence electrons. The lowest BCUT2D eigenvalue weighted by molar-refractivity contribution is -0.137. The molecule has 2 atom stereocenters. The second-order valence-electron chi connectivity index (χ2n) is 7.72. The molecule has 1 N–H and O–H groups in total. The molecule has 0 bridgehead atoms. The van der Waals surface area contributed by atoms with E-state index < -0.39 is 17.7 Å². The van der Waals surface area contributed by atoms with E-state index in [0.29, 0.717) is 24.7 Å². The third-order valence-corrected chi connectivity index (χ3v) is 5.49. The van der Waals surface area contributed by atoms with Crippen LogP contribution < -0.4 is 10.2 Å². The standard InChI is InChI=1S/C22H22F3N3O/c1-14-5-4-10-28(13-14)20-9-8-15(11-18(20)22(23,24)25)26-12-17-16-6-2-3-7-19(16)27-21(17)29/h2-3,6-9,11-12,14,17H,4-5,10,13H2,1H3,(H,27,29). The number of fused-ring (bicyclic) bond motifs is 1. The van der Waals surface area contributed by atoms with Gasteiger partial charge >= 0.3 is 6.18 Å². The van der Waals surface area contributed by atoms with Crippen molar-refractivity contribution in [2.24, 2.45) is 10.9 Å². The Bertz CT molecular complexity index is 955. The van der Waals surface area contributed by atoms with Crippen molar-refractivity contribution in [2.45, 2.75) is 31.9 Å². The van der Waals surface area contributed by atoms with E-state index in [0.717, 1.165) is 24.5 Å². The highest BCUT2D eigenvalue weighted by molar-refractivity contribution is 6.12. The van der Waals surface area contributed by atoms with Gasteiger partial charge in [-0.2, -0.15) is 13.2 Å². The number of carbonyl (C=O) groups is 1. The van der Waals surface area contributed by atoms with E-state index in [-0.39, 0.29) is 17.3 Å². The lowest BCUT2D eigenvalue weighted by atomic mass is 9.98. The first-order valence-corrected chi connectivity index (χ1v) is 9.73. The molecule has 7 heteroatoms. The number of anilines is 2. The van der Waals surface area contributed by atoms with E-state index in [4.69, 9.17) is 0 Å². The second kappa shape index (κ2) is 7.54. The number of piperidine rings is 1. The van der Waals surface area contributed by atoms with Crippen LogP contribution >= 0.6 is 0 Å². The van der Waals surface area contributed by atoms with Gasteiger partial charge in [-0.15, -0.1) is 0 Å². The number of para-hydroxylation sites is 1. The van der Waals surface area contributed by atoms with Crippen LogP contribution in [0.25, 0.3) is 0 Å². The van der Waals surface area contributed by atoms with Gasteiger partial charge in [0, 0.05) is 30.7 Å². The Hall–Kier alpha value is -2.83. The van der Waals surface area contributed by atoms with E-state index >= 15 is 0 Å². The van der Waals surface area contributed by atoms with E-state index in [1.54, 1.807) is 12.1 Å². The molecule has 0 aliphatic carbocycles. The maximum absolute atomic E-state index is 13.7. The van der Waals surface area contributed by atoms with Crippen LogP contribution in [0.15, 0.2) is 47.5 Å². The van der Waals surface area contributed by atoms with Crippen molar-refractivity contribution in [1.82, 2.24) is 0 Å². The number of nitrogens with one attached hydrogen (secondary N) is 1.